The van der Waals surface area contributed by atoms with Crippen LogP contribution in [0.1, 0.15) is 0 Å². The van der Waals surface area contributed by atoms with Gasteiger partial charge in [0, 0.05) is 25.1 Å². The van der Waals surface area contributed by atoms with Gasteiger partial charge in [-0.2, -0.15) is 0 Å². The summed E-state index contributed by atoms with van der Waals surface area (Å²) in [5.41, 5.74) is 5.13. The van der Waals surface area contributed by atoms with Crippen LogP contribution in [0, 0.1) is 5.92 Å². The van der Waals surface area contributed by atoms with E-state index in [1.54, 1.807) is 12.0 Å². The lowest BCUT2D eigenvalue weighted by Gasteiger charge is -2.37. The lowest BCUT2D eigenvalue weighted by Crippen LogP contribution is -2.54. The number of ether oxygens (including phenoxy) is 2. The summed E-state index contributed by atoms with van der Waals surface area (Å²) < 4.78 is 10.7. The summed E-state index contributed by atoms with van der Waals surface area (Å²) >= 11 is 0. The fourth-order valence-corrected chi connectivity index (χ4v) is 1.76. The maximum absolute atomic E-state index is 10.8. The first-order chi connectivity index (χ1) is 8.19. The Kier molecular flexibility index (Phi) is 3.37. The van der Waals surface area contributed by atoms with Gasteiger partial charge in [-0.3, -0.25) is 0 Å². The van der Waals surface area contributed by atoms with Crippen molar-refractivity contribution in [1.82, 2.24) is 4.90 Å². The van der Waals surface area contributed by atoms with Crippen molar-refractivity contribution in [3.8, 4) is 11.5 Å². The zero-order chi connectivity index (χ0) is 12.3. The van der Waals surface area contributed by atoms with Gasteiger partial charge >= 0.3 is 6.03 Å². The molecule has 0 radical (unpaired) electrons. The van der Waals surface area contributed by atoms with Gasteiger partial charge in [-0.25, -0.2) is 4.79 Å². The van der Waals surface area contributed by atoms with Crippen LogP contribution < -0.4 is 15.2 Å². The predicted octanol–water partition coefficient (Wildman–Crippen LogP) is 1.08. The largest absolute Gasteiger partial charge is 0.497 e. The van der Waals surface area contributed by atoms with Gasteiger partial charge in [0.05, 0.1) is 13.7 Å². The van der Waals surface area contributed by atoms with Gasteiger partial charge in [-0.05, 0) is 12.1 Å². The fraction of sp³-hybridized carbons (Fsp3) is 0.417. The van der Waals surface area contributed by atoms with E-state index in [9.17, 15) is 4.79 Å². The van der Waals surface area contributed by atoms with E-state index < -0.39 is 0 Å². The molecule has 0 saturated carbocycles. The molecule has 0 aromatic heterocycles. The summed E-state index contributed by atoms with van der Waals surface area (Å²) in [4.78, 5) is 12.4. The summed E-state index contributed by atoms with van der Waals surface area (Å²) in [6, 6.07) is 7.11. The summed E-state index contributed by atoms with van der Waals surface area (Å²) in [5, 5.41) is 0. The highest BCUT2D eigenvalue weighted by Crippen LogP contribution is 2.21. The molecule has 5 nitrogen and oxygen atoms in total. The Morgan fingerprint density at radius 3 is 2.82 bits per heavy atom. The lowest BCUT2D eigenvalue weighted by molar-refractivity contribution is 0.0902. The van der Waals surface area contributed by atoms with Crippen molar-refractivity contribution in [2.45, 2.75) is 0 Å². The van der Waals surface area contributed by atoms with Crippen LogP contribution in [0.15, 0.2) is 24.3 Å². The van der Waals surface area contributed by atoms with Gasteiger partial charge in [0.25, 0.3) is 0 Å². The first kappa shape index (κ1) is 11.6. The Hall–Kier alpha value is -1.91. The maximum atomic E-state index is 10.8. The summed E-state index contributed by atoms with van der Waals surface area (Å²) in [6.07, 6.45) is 0. The average molecular weight is 236 g/mol. The Labute approximate surface area is 100 Å². The number of likely N-dealkylation sites (tertiary alicyclic amines) is 1. The Morgan fingerprint density at radius 2 is 2.18 bits per heavy atom. The molecule has 0 unspecified atom stereocenters. The van der Waals surface area contributed by atoms with Crippen molar-refractivity contribution in [3.05, 3.63) is 24.3 Å². The lowest BCUT2D eigenvalue weighted by atomic mass is 10.0. The van der Waals surface area contributed by atoms with E-state index in [2.05, 4.69) is 0 Å². The molecule has 0 aliphatic carbocycles. The zero-order valence-electron chi connectivity index (χ0n) is 9.76. The quantitative estimate of drug-likeness (QED) is 0.850. The molecule has 1 aromatic carbocycles. The SMILES string of the molecule is COc1cccc(OCC2CN(C(N)=O)C2)c1. The Balaban J connectivity index is 1.77. The molecule has 17 heavy (non-hydrogen) atoms. The van der Waals surface area contributed by atoms with E-state index in [1.807, 2.05) is 24.3 Å². The number of carbonyl (C=O) groups excluding carboxylic acids is 1. The second kappa shape index (κ2) is 4.95. The van der Waals surface area contributed by atoms with Crippen LogP contribution in [-0.4, -0.2) is 37.7 Å². The molecule has 92 valence electrons. The molecule has 0 atom stereocenters. The number of amides is 2. The van der Waals surface area contributed by atoms with Crippen molar-refractivity contribution in [3.63, 3.8) is 0 Å². The number of carbonyl (C=O) groups is 1. The van der Waals surface area contributed by atoms with E-state index in [0.29, 0.717) is 25.6 Å². The molecule has 1 saturated heterocycles. The van der Waals surface area contributed by atoms with E-state index in [1.165, 1.54) is 0 Å². The van der Waals surface area contributed by atoms with Crippen LogP contribution in [0.5, 0.6) is 11.5 Å². The van der Waals surface area contributed by atoms with E-state index >= 15 is 0 Å². The summed E-state index contributed by atoms with van der Waals surface area (Å²) in [6.45, 7) is 1.95. The van der Waals surface area contributed by atoms with Gasteiger partial charge in [0.2, 0.25) is 0 Å². The third-order valence-electron chi connectivity index (χ3n) is 2.80. The van der Waals surface area contributed by atoms with Crippen LogP contribution in [-0.2, 0) is 0 Å². The first-order valence-electron chi connectivity index (χ1n) is 5.50. The molecule has 0 spiro atoms. The number of hydrogen-bond acceptors (Lipinski definition) is 3. The van der Waals surface area contributed by atoms with Gasteiger partial charge in [0.1, 0.15) is 11.5 Å². The minimum atomic E-state index is -0.359. The third-order valence-corrected chi connectivity index (χ3v) is 2.80. The number of nitrogens with two attached hydrogens (primary N) is 1. The van der Waals surface area contributed by atoms with Gasteiger partial charge in [0.15, 0.2) is 0 Å². The Morgan fingerprint density at radius 1 is 1.47 bits per heavy atom. The molecule has 1 aliphatic rings. The monoisotopic (exact) mass is 236 g/mol. The van der Waals surface area contributed by atoms with Crippen LogP contribution in [0.2, 0.25) is 0 Å². The first-order valence-corrected chi connectivity index (χ1v) is 5.50. The maximum Gasteiger partial charge on any atom is 0.314 e. The van der Waals surface area contributed by atoms with Crippen LogP contribution >= 0.6 is 0 Å². The molecular weight excluding hydrogens is 220 g/mol. The van der Waals surface area contributed by atoms with Crippen molar-refractivity contribution < 1.29 is 14.3 Å². The second-order valence-electron chi connectivity index (χ2n) is 4.10. The topological polar surface area (TPSA) is 64.8 Å². The smallest absolute Gasteiger partial charge is 0.314 e. The number of hydrogen-bond donors (Lipinski definition) is 1. The van der Waals surface area contributed by atoms with Crippen LogP contribution in [0.4, 0.5) is 4.79 Å². The molecule has 1 aromatic rings. The van der Waals surface area contributed by atoms with Crippen molar-refractivity contribution in [2.75, 3.05) is 26.8 Å². The van der Waals surface area contributed by atoms with E-state index in [4.69, 9.17) is 15.2 Å². The highest BCUT2D eigenvalue weighted by Gasteiger charge is 2.29. The molecular formula is C12H16N2O3. The highest BCUT2D eigenvalue weighted by molar-refractivity contribution is 5.72. The average Bonchev–Trinajstić information content (AvgIpc) is 2.27. The van der Waals surface area contributed by atoms with Crippen LogP contribution in [0.25, 0.3) is 0 Å². The third kappa shape index (κ3) is 2.81. The molecule has 1 fully saturated rings. The van der Waals surface area contributed by atoms with Gasteiger partial charge in [-0.1, -0.05) is 6.07 Å². The number of urea groups is 1. The minimum Gasteiger partial charge on any atom is -0.497 e. The number of nitrogens with zero attached hydrogens (tertiary/aromatic N) is 1. The zero-order valence-corrected chi connectivity index (χ0v) is 9.76. The standard InChI is InChI=1S/C12H16N2O3/c1-16-10-3-2-4-11(5-10)17-8-9-6-14(7-9)12(13)15/h2-5,9H,6-8H2,1H3,(H2,13,15). The fourth-order valence-electron chi connectivity index (χ4n) is 1.76. The highest BCUT2D eigenvalue weighted by atomic mass is 16.5. The normalized spacial score (nSPS) is 15.2. The summed E-state index contributed by atoms with van der Waals surface area (Å²) in [7, 11) is 1.62. The molecule has 1 aliphatic heterocycles. The molecule has 2 amide bonds. The second-order valence-corrected chi connectivity index (χ2v) is 4.10. The molecule has 5 heteroatoms. The minimum absolute atomic E-state index is 0.359. The molecule has 2 N–H and O–H groups in total. The van der Waals surface area contributed by atoms with E-state index in [-0.39, 0.29) is 6.03 Å². The van der Waals surface area contributed by atoms with E-state index in [0.717, 1.165) is 11.5 Å². The molecule has 2 rings (SSSR count). The molecule has 0 bridgehead atoms. The number of methoxy groups -OCH3 is 1. The summed E-state index contributed by atoms with van der Waals surface area (Å²) in [5.74, 6) is 1.92. The number of benzene rings is 1. The van der Waals surface area contributed by atoms with Gasteiger partial charge < -0.3 is 20.1 Å². The number of primary amides is 1. The number of rotatable bonds is 4. The van der Waals surface area contributed by atoms with Crippen LogP contribution in [0.3, 0.4) is 0 Å². The van der Waals surface area contributed by atoms with Crippen molar-refractivity contribution in [2.24, 2.45) is 11.7 Å². The van der Waals surface area contributed by atoms with Crippen molar-refractivity contribution in [1.29, 1.82) is 0 Å². The van der Waals surface area contributed by atoms with Crippen molar-refractivity contribution >= 4 is 6.03 Å². The Bertz CT molecular complexity index is 402. The van der Waals surface area contributed by atoms with Gasteiger partial charge in [-0.15, -0.1) is 0 Å². The molecule has 1 heterocycles. The predicted molar refractivity (Wildman–Crippen MR) is 63.1 cm³/mol.